The third kappa shape index (κ3) is 3.89. The average molecular weight is 270 g/mol. The van der Waals surface area contributed by atoms with Crippen molar-refractivity contribution in [3.8, 4) is 5.75 Å². The number of amidine groups is 1. The molecule has 1 aromatic carbocycles. The monoisotopic (exact) mass is 269 g/mol. The van der Waals surface area contributed by atoms with Crippen LogP contribution in [0.2, 0.25) is 0 Å². The summed E-state index contributed by atoms with van der Waals surface area (Å²) in [5.41, 5.74) is 6.14. The van der Waals surface area contributed by atoms with Gasteiger partial charge in [-0.1, -0.05) is 0 Å². The van der Waals surface area contributed by atoms with Crippen molar-refractivity contribution in [3.63, 3.8) is 0 Å². The fraction of sp³-hybridized carbons (Fsp3) is 0.462. The Balaban J connectivity index is 0.00000162. The van der Waals surface area contributed by atoms with Crippen LogP contribution in [-0.2, 0) is 0 Å². The molecule has 0 aliphatic carbocycles. The molecule has 1 fully saturated rings. The van der Waals surface area contributed by atoms with Crippen LogP contribution in [0.1, 0.15) is 18.4 Å². The molecule has 1 aliphatic heterocycles. The second kappa shape index (κ2) is 6.61. The van der Waals surface area contributed by atoms with Crippen LogP contribution in [0.3, 0.4) is 0 Å². The molecule has 5 heteroatoms. The highest BCUT2D eigenvalue weighted by atomic mass is 35.5. The fourth-order valence-corrected chi connectivity index (χ4v) is 2.01. The van der Waals surface area contributed by atoms with Gasteiger partial charge >= 0.3 is 0 Å². The maximum absolute atomic E-state index is 7.31. The summed E-state index contributed by atoms with van der Waals surface area (Å²) in [5.74, 6) is 0.959. The molecule has 1 saturated heterocycles. The van der Waals surface area contributed by atoms with Crippen LogP contribution in [0.5, 0.6) is 5.75 Å². The van der Waals surface area contributed by atoms with Crippen LogP contribution in [-0.4, -0.2) is 37.0 Å². The molecule has 0 bridgehead atoms. The average Bonchev–Trinajstić information content (AvgIpc) is 2.33. The normalized spacial score (nSPS) is 16.9. The number of likely N-dealkylation sites (tertiary alicyclic amines) is 1. The lowest BCUT2D eigenvalue weighted by Crippen LogP contribution is -2.35. The Hall–Kier alpha value is -1.26. The number of ether oxygens (including phenoxy) is 1. The highest BCUT2D eigenvalue weighted by Crippen LogP contribution is 2.18. The van der Waals surface area contributed by atoms with Gasteiger partial charge in [0.15, 0.2) is 0 Å². The second-order valence-corrected chi connectivity index (χ2v) is 4.56. The number of halogens is 1. The predicted octanol–water partition coefficient (Wildman–Crippen LogP) is 1.87. The zero-order valence-electron chi connectivity index (χ0n) is 10.6. The van der Waals surface area contributed by atoms with E-state index in [1.54, 1.807) is 0 Å². The molecule has 0 radical (unpaired) electrons. The van der Waals surface area contributed by atoms with Gasteiger partial charge < -0.3 is 15.4 Å². The third-order valence-electron chi connectivity index (χ3n) is 3.13. The highest BCUT2D eigenvalue weighted by Gasteiger charge is 2.17. The van der Waals surface area contributed by atoms with Gasteiger partial charge in [0, 0.05) is 18.7 Å². The van der Waals surface area contributed by atoms with Crippen LogP contribution in [0.15, 0.2) is 24.3 Å². The second-order valence-electron chi connectivity index (χ2n) is 4.56. The predicted molar refractivity (Wildman–Crippen MR) is 75.9 cm³/mol. The topological polar surface area (TPSA) is 62.3 Å². The third-order valence-corrected chi connectivity index (χ3v) is 3.13. The first kappa shape index (κ1) is 14.8. The van der Waals surface area contributed by atoms with Gasteiger partial charge in [0.25, 0.3) is 0 Å². The molecular weight excluding hydrogens is 250 g/mol. The van der Waals surface area contributed by atoms with Gasteiger partial charge in [-0.05, 0) is 44.2 Å². The van der Waals surface area contributed by atoms with E-state index in [0.29, 0.717) is 6.10 Å². The molecule has 0 atom stereocenters. The molecule has 0 aromatic heterocycles. The summed E-state index contributed by atoms with van der Waals surface area (Å²) in [7, 11) is 2.14. The summed E-state index contributed by atoms with van der Waals surface area (Å²) < 4.78 is 5.90. The Bertz CT molecular complexity index is 386. The molecule has 3 N–H and O–H groups in total. The van der Waals surface area contributed by atoms with Gasteiger partial charge in [-0.3, -0.25) is 5.41 Å². The number of benzene rings is 1. The first-order chi connectivity index (χ1) is 8.15. The van der Waals surface area contributed by atoms with Gasteiger partial charge in [0.05, 0.1) is 0 Å². The SMILES string of the molecule is CN1CCC(Oc2ccc(C(=N)N)cc2)CC1.Cl. The maximum atomic E-state index is 7.31. The first-order valence-corrected chi connectivity index (χ1v) is 5.95. The molecule has 0 saturated carbocycles. The van der Waals surface area contributed by atoms with Crippen molar-refractivity contribution < 1.29 is 4.74 Å². The van der Waals surface area contributed by atoms with Crippen molar-refractivity contribution in [2.75, 3.05) is 20.1 Å². The summed E-state index contributed by atoms with van der Waals surface area (Å²) >= 11 is 0. The molecule has 0 unspecified atom stereocenters. The van der Waals surface area contributed by atoms with Crippen LogP contribution in [0, 0.1) is 5.41 Å². The number of nitrogen functional groups attached to an aromatic ring is 1. The lowest BCUT2D eigenvalue weighted by atomic mass is 10.1. The van der Waals surface area contributed by atoms with E-state index in [4.69, 9.17) is 15.9 Å². The van der Waals surface area contributed by atoms with E-state index in [9.17, 15) is 0 Å². The number of piperidine rings is 1. The summed E-state index contributed by atoms with van der Waals surface area (Å²) in [5, 5.41) is 7.31. The zero-order chi connectivity index (χ0) is 12.3. The molecule has 18 heavy (non-hydrogen) atoms. The Labute approximate surface area is 114 Å². The van der Waals surface area contributed by atoms with E-state index < -0.39 is 0 Å². The van der Waals surface area contributed by atoms with E-state index in [0.717, 1.165) is 37.2 Å². The van der Waals surface area contributed by atoms with E-state index >= 15 is 0 Å². The van der Waals surface area contributed by atoms with Crippen LogP contribution in [0.25, 0.3) is 0 Å². The number of hydrogen-bond donors (Lipinski definition) is 2. The number of nitrogens with two attached hydrogens (primary N) is 1. The summed E-state index contributed by atoms with van der Waals surface area (Å²) in [6.07, 6.45) is 2.46. The molecule has 100 valence electrons. The maximum Gasteiger partial charge on any atom is 0.122 e. The van der Waals surface area contributed by atoms with E-state index in [1.165, 1.54) is 0 Å². The first-order valence-electron chi connectivity index (χ1n) is 5.95. The molecule has 1 aliphatic rings. The van der Waals surface area contributed by atoms with Crippen LogP contribution < -0.4 is 10.5 Å². The quantitative estimate of drug-likeness (QED) is 0.650. The molecule has 1 aromatic rings. The number of rotatable bonds is 3. The fourth-order valence-electron chi connectivity index (χ4n) is 2.01. The van der Waals surface area contributed by atoms with Crippen molar-refractivity contribution in [2.45, 2.75) is 18.9 Å². The van der Waals surface area contributed by atoms with Gasteiger partial charge in [0.1, 0.15) is 17.7 Å². The lowest BCUT2D eigenvalue weighted by molar-refractivity contribution is 0.114. The summed E-state index contributed by atoms with van der Waals surface area (Å²) in [4.78, 5) is 2.32. The van der Waals surface area contributed by atoms with Crippen molar-refractivity contribution in [1.29, 1.82) is 5.41 Å². The molecule has 4 nitrogen and oxygen atoms in total. The van der Waals surface area contributed by atoms with Crippen molar-refractivity contribution in [2.24, 2.45) is 5.73 Å². The lowest BCUT2D eigenvalue weighted by Gasteiger charge is -2.29. The van der Waals surface area contributed by atoms with E-state index in [-0.39, 0.29) is 18.2 Å². The molecule has 0 spiro atoms. The van der Waals surface area contributed by atoms with Gasteiger partial charge in [-0.15, -0.1) is 12.4 Å². The largest absolute Gasteiger partial charge is 0.490 e. The summed E-state index contributed by atoms with van der Waals surface area (Å²) in [6, 6.07) is 7.42. The van der Waals surface area contributed by atoms with Gasteiger partial charge in [-0.25, -0.2) is 0 Å². The minimum Gasteiger partial charge on any atom is -0.490 e. The number of nitrogens with zero attached hydrogens (tertiary/aromatic N) is 1. The van der Waals surface area contributed by atoms with Crippen molar-refractivity contribution in [1.82, 2.24) is 4.90 Å². The molecular formula is C13H20ClN3O. The van der Waals surface area contributed by atoms with Crippen LogP contribution >= 0.6 is 12.4 Å². The van der Waals surface area contributed by atoms with Gasteiger partial charge in [-0.2, -0.15) is 0 Å². The van der Waals surface area contributed by atoms with Crippen molar-refractivity contribution in [3.05, 3.63) is 29.8 Å². The zero-order valence-corrected chi connectivity index (χ0v) is 11.4. The Morgan fingerprint density at radius 1 is 1.28 bits per heavy atom. The Morgan fingerprint density at radius 3 is 2.33 bits per heavy atom. The summed E-state index contributed by atoms with van der Waals surface area (Å²) in [6.45, 7) is 2.19. The minimum atomic E-state index is 0. The van der Waals surface area contributed by atoms with Crippen molar-refractivity contribution >= 4 is 18.2 Å². The van der Waals surface area contributed by atoms with Crippen LogP contribution in [0.4, 0.5) is 0 Å². The molecule has 0 amide bonds. The highest BCUT2D eigenvalue weighted by molar-refractivity contribution is 5.94. The smallest absolute Gasteiger partial charge is 0.122 e. The Morgan fingerprint density at radius 2 is 1.83 bits per heavy atom. The standard InChI is InChI=1S/C13H19N3O.ClH/c1-16-8-6-12(7-9-16)17-11-4-2-10(3-5-11)13(14)15;/h2-5,12H,6-9H2,1H3,(H3,14,15);1H. The van der Waals surface area contributed by atoms with Gasteiger partial charge in [0.2, 0.25) is 0 Å². The number of hydrogen-bond acceptors (Lipinski definition) is 3. The van der Waals surface area contributed by atoms with E-state index in [1.807, 2.05) is 24.3 Å². The Kier molecular flexibility index (Phi) is 5.44. The number of nitrogens with one attached hydrogen (secondary N) is 1. The molecule has 1 heterocycles. The van der Waals surface area contributed by atoms with E-state index in [2.05, 4.69) is 11.9 Å². The minimum absolute atomic E-state index is 0. The molecule has 2 rings (SSSR count).